The first kappa shape index (κ1) is 10.3. The number of phenolic OH excluding ortho intramolecular Hbond substituents is 1. The Morgan fingerprint density at radius 2 is 1.85 bits per heavy atom. The number of aromatic hydroxyl groups is 1. The lowest BCUT2D eigenvalue weighted by Crippen LogP contribution is -1.97. The monoisotopic (exact) mass is 206 g/mol. The Balaban J connectivity index is 3.56. The van der Waals surface area contributed by atoms with Crippen LogP contribution in [0.2, 0.25) is 5.02 Å². The summed E-state index contributed by atoms with van der Waals surface area (Å²) in [5.41, 5.74) is 0.0483. The van der Waals surface area contributed by atoms with Crippen LogP contribution in [-0.2, 0) is 6.42 Å². The van der Waals surface area contributed by atoms with Crippen LogP contribution >= 0.6 is 11.6 Å². The van der Waals surface area contributed by atoms with Gasteiger partial charge in [0, 0.05) is 11.1 Å². The first-order valence-corrected chi connectivity index (χ1v) is 4.23. The molecule has 1 aromatic rings. The maximum Gasteiger partial charge on any atom is 0.151 e. The van der Waals surface area contributed by atoms with E-state index in [9.17, 15) is 13.9 Å². The van der Waals surface area contributed by atoms with Crippen LogP contribution < -0.4 is 0 Å². The summed E-state index contributed by atoms with van der Waals surface area (Å²) >= 11 is 5.38. The number of halogens is 3. The van der Waals surface area contributed by atoms with Crippen LogP contribution in [0.15, 0.2) is 0 Å². The Morgan fingerprint density at radius 1 is 1.31 bits per heavy atom. The van der Waals surface area contributed by atoms with Gasteiger partial charge in [0.15, 0.2) is 11.6 Å². The van der Waals surface area contributed by atoms with Crippen molar-refractivity contribution in [2.24, 2.45) is 0 Å². The quantitative estimate of drug-likeness (QED) is 0.700. The van der Waals surface area contributed by atoms with Gasteiger partial charge in [-0.2, -0.15) is 0 Å². The summed E-state index contributed by atoms with van der Waals surface area (Å²) < 4.78 is 26.2. The highest BCUT2D eigenvalue weighted by atomic mass is 35.5. The lowest BCUT2D eigenvalue weighted by Gasteiger charge is -2.09. The molecule has 0 atom stereocenters. The van der Waals surface area contributed by atoms with Gasteiger partial charge < -0.3 is 5.11 Å². The van der Waals surface area contributed by atoms with E-state index in [1.54, 1.807) is 6.92 Å². The number of rotatable bonds is 1. The topological polar surface area (TPSA) is 20.2 Å². The van der Waals surface area contributed by atoms with Crippen LogP contribution in [0.5, 0.6) is 5.75 Å². The normalized spacial score (nSPS) is 10.5. The number of hydrogen-bond donors (Lipinski definition) is 1. The summed E-state index contributed by atoms with van der Waals surface area (Å²) in [7, 11) is 0. The minimum Gasteiger partial charge on any atom is -0.507 e. The maximum atomic E-state index is 13.2. The van der Waals surface area contributed by atoms with E-state index in [2.05, 4.69) is 0 Å². The molecule has 0 saturated heterocycles. The molecule has 0 aromatic heterocycles. The molecule has 0 radical (unpaired) electrons. The first-order chi connectivity index (χ1) is 6.00. The molecule has 1 rings (SSSR count). The second-order valence-electron chi connectivity index (χ2n) is 2.75. The Hall–Kier alpha value is -0.830. The van der Waals surface area contributed by atoms with Crippen molar-refractivity contribution in [2.45, 2.75) is 20.3 Å². The van der Waals surface area contributed by atoms with E-state index in [1.165, 1.54) is 6.92 Å². The van der Waals surface area contributed by atoms with Crippen LogP contribution in [0.25, 0.3) is 0 Å². The second kappa shape index (κ2) is 3.50. The van der Waals surface area contributed by atoms with Crippen molar-refractivity contribution in [3.05, 3.63) is 27.8 Å². The van der Waals surface area contributed by atoms with Gasteiger partial charge >= 0.3 is 0 Å². The summed E-state index contributed by atoms with van der Waals surface area (Å²) in [6, 6.07) is 0. The summed E-state index contributed by atoms with van der Waals surface area (Å²) in [5.74, 6) is -2.11. The van der Waals surface area contributed by atoms with Gasteiger partial charge in [-0.25, -0.2) is 8.78 Å². The maximum absolute atomic E-state index is 13.2. The van der Waals surface area contributed by atoms with Crippen molar-refractivity contribution < 1.29 is 13.9 Å². The van der Waals surface area contributed by atoms with Gasteiger partial charge in [-0.1, -0.05) is 18.5 Å². The average molecular weight is 207 g/mol. The molecule has 0 amide bonds. The zero-order valence-electron chi connectivity index (χ0n) is 7.29. The molecule has 0 aliphatic heterocycles. The fraction of sp³-hybridized carbons (Fsp3) is 0.333. The molecule has 0 unspecified atom stereocenters. The number of phenols is 1. The van der Waals surface area contributed by atoms with Crippen molar-refractivity contribution in [2.75, 3.05) is 0 Å². The van der Waals surface area contributed by atoms with Crippen LogP contribution in [0, 0.1) is 18.6 Å². The van der Waals surface area contributed by atoms with Crippen molar-refractivity contribution in [3.8, 4) is 5.75 Å². The standard InChI is InChI=1S/C9H9ClF2O/c1-3-5-8(12)6(10)7(11)4(2)9(5)13/h13H,3H2,1-2H3. The fourth-order valence-electron chi connectivity index (χ4n) is 1.15. The molecule has 0 saturated carbocycles. The van der Waals surface area contributed by atoms with Crippen molar-refractivity contribution in [3.63, 3.8) is 0 Å². The highest BCUT2D eigenvalue weighted by molar-refractivity contribution is 6.31. The molecule has 0 aliphatic carbocycles. The summed E-state index contributed by atoms with van der Waals surface area (Å²) in [6.07, 6.45) is 0.276. The molecular weight excluding hydrogens is 198 g/mol. The highest BCUT2D eigenvalue weighted by Crippen LogP contribution is 2.33. The fourth-order valence-corrected chi connectivity index (χ4v) is 1.41. The zero-order valence-corrected chi connectivity index (χ0v) is 8.04. The number of hydrogen-bond acceptors (Lipinski definition) is 1. The molecule has 0 aliphatic rings. The summed E-state index contributed by atoms with van der Waals surface area (Å²) in [4.78, 5) is 0. The van der Waals surface area contributed by atoms with Crippen LogP contribution in [0.3, 0.4) is 0 Å². The lowest BCUT2D eigenvalue weighted by atomic mass is 10.1. The van der Waals surface area contributed by atoms with Crippen LogP contribution in [-0.4, -0.2) is 5.11 Å². The molecule has 0 fully saturated rings. The van der Waals surface area contributed by atoms with E-state index < -0.39 is 16.7 Å². The second-order valence-corrected chi connectivity index (χ2v) is 3.13. The molecular formula is C9H9ClF2O. The molecule has 13 heavy (non-hydrogen) atoms. The highest BCUT2D eigenvalue weighted by Gasteiger charge is 2.19. The predicted octanol–water partition coefficient (Wildman–Crippen LogP) is 3.19. The van der Waals surface area contributed by atoms with Crippen molar-refractivity contribution in [1.29, 1.82) is 0 Å². The molecule has 0 spiro atoms. The molecule has 0 bridgehead atoms. The van der Waals surface area contributed by atoms with Gasteiger partial charge in [0.1, 0.15) is 10.8 Å². The average Bonchev–Trinajstić information content (AvgIpc) is 2.13. The van der Waals surface area contributed by atoms with Gasteiger partial charge in [0.25, 0.3) is 0 Å². The first-order valence-electron chi connectivity index (χ1n) is 3.85. The molecule has 72 valence electrons. The minimum absolute atomic E-state index is 0.0109. The molecule has 1 N–H and O–H groups in total. The molecule has 1 aromatic carbocycles. The lowest BCUT2D eigenvalue weighted by molar-refractivity contribution is 0.445. The SMILES string of the molecule is CCc1c(O)c(C)c(F)c(Cl)c1F. The van der Waals surface area contributed by atoms with E-state index in [4.69, 9.17) is 11.6 Å². The minimum atomic E-state index is -0.895. The smallest absolute Gasteiger partial charge is 0.151 e. The molecule has 0 heterocycles. The summed E-state index contributed by atoms with van der Waals surface area (Å²) in [6.45, 7) is 3.01. The molecule has 1 nitrogen and oxygen atoms in total. The van der Waals surface area contributed by atoms with E-state index >= 15 is 0 Å². The van der Waals surface area contributed by atoms with Crippen molar-refractivity contribution >= 4 is 11.6 Å². The summed E-state index contributed by atoms with van der Waals surface area (Å²) in [5, 5.41) is 8.80. The van der Waals surface area contributed by atoms with Gasteiger partial charge in [-0.15, -0.1) is 0 Å². The van der Waals surface area contributed by atoms with Gasteiger partial charge in [0.05, 0.1) is 0 Å². The largest absolute Gasteiger partial charge is 0.507 e. The van der Waals surface area contributed by atoms with E-state index in [1.807, 2.05) is 0 Å². The molecule has 4 heteroatoms. The van der Waals surface area contributed by atoms with E-state index in [0.29, 0.717) is 0 Å². The third-order valence-corrected chi connectivity index (χ3v) is 2.31. The Bertz CT molecular complexity index is 321. The van der Waals surface area contributed by atoms with E-state index in [0.717, 1.165) is 0 Å². The van der Waals surface area contributed by atoms with Gasteiger partial charge in [-0.3, -0.25) is 0 Å². The zero-order chi connectivity index (χ0) is 10.2. The van der Waals surface area contributed by atoms with Gasteiger partial charge in [-0.05, 0) is 13.3 Å². The third-order valence-electron chi connectivity index (χ3n) is 1.97. The van der Waals surface area contributed by atoms with E-state index in [-0.39, 0.29) is 23.3 Å². The Morgan fingerprint density at radius 3 is 2.31 bits per heavy atom. The Labute approximate surface area is 80.0 Å². The van der Waals surface area contributed by atoms with Crippen LogP contribution in [0.4, 0.5) is 8.78 Å². The Kier molecular flexibility index (Phi) is 2.76. The van der Waals surface area contributed by atoms with Crippen molar-refractivity contribution in [1.82, 2.24) is 0 Å². The third kappa shape index (κ3) is 1.48. The van der Waals surface area contributed by atoms with Crippen LogP contribution in [0.1, 0.15) is 18.1 Å². The van der Waals surface area contributed by atoms with Gasteiger partial charge in [0.2, 0.25) is 0 Å². The number of benzene rings is 1. The predicted molar refractivity (Wildman–Crippen MR) is 47.1 cm³/mol.